The Morgan fingerprint density at radius 2 is 2.10 bits per heavy atom. The molecular formula is C20H31IN6O2S. The second kappa shape index (κ2) is 11.1. The van der Waals surface area contributed by atoms with E-state index in [1.165, 1.54) is 10.6 Å². The molecular weight excluding hydrogens is 515 g/mol. The fraction of sp³-hybridized carbons (Fsp3) is 0.500. The van der Waals surface area contributed by atoms with Crippen molar-refractivity contribution in [2.24, 2.45) is 10.9 Å². The van der Waals surface area contributed by atoms with Crippen molar-refractivity contribution in [3.63, 3.8) is 0 Å². The number of aromatic nitrogens is 2. The number of rotatable bonds is 7. The molecule has 1 unspecified atom stereocenters. The molecule has 2 heterocycles. The van der Waals surface area contributed by atoms with Crippen LogP contribution >= 0.6 is 24.0 Å². The van der Waals surface area contributed by atoms with Crippen LogP contribution in [-0.2, 0) is 16.6 Å². The lowest BCUT2D eigenvalue weighted by molar-refractivity contribution is 0.451. The highest BCUT2D eigenvalue weighted by Crippen LogP contribution is 2.19. The number of nitrogens with zero attached hydrogens (tertiary/aromatic N) is 4. The molecule has 3 rings (SSSR count). The topological polar surface area (TPSA) is 93.7 Å². The smallest absolute Gasteiger partial charge is 0.211 e. The predicted octanol–water partition coefficient (Wildman–Crippen LogP) is 2.37. The molecule has 30 heavy (non-hydrogen) atoms. The Morgan fingerprint density at radius 1 is 1.37 bits per heavy atom. The summed E-state index contributed by atoms with van der Waals surface area (Å²) in [5.41, 5.74) is 2.09. The van der Waals surface area contributed by atoms with Gasteiger partial charge in [-0.05, 0) is 24.8 Å². The summed E-state index contributed by atoms with van der Waals surface area (Å²) in [4.78, 5) is 14.6. The Hall–Kier alpha value is -1.66. The van der Waals surface area contributed by atoms with Crippen molar-refractivity contribution < 1.29 is 8.42 Å². The highest BCUT2D eigenvalue weighted by atomic mass is 127. The minimum atomic E-state index is -3.12. The number of sulfonamides is 1. The van der Waals surface area contributed by atoms with Gasteiger partial charge in [-0.25, -0.2) is 17.7 Å². The van der Waals surface area contributed by atoms with Crippen molar-refractivity contribution in [1.82, 2.24) is 24.5 Å². The van der Waals surface area contributed by atoms with Gasteiger partial charge in [-0.3, -0.25) is 4.99 Å². The standard InChI is InChI=1S/C20H30N6O2S.HI/c1-4-21-20(23-12-16-10-11-26(14-16)29(3,27)28)25(2)15-19-22-13-18(24-19)17-8-6-5-7-9-17;/h5-9,13,16H,4,10-12,14-15H2,1-3H3,(H,21,23)(H,22,24);1H. The largest absolute Gasteiger partial charge is 0.357 e. The number of aromatic amines is 1. The van der Waals surface area contributed by atoms with Crippen LogP contribution in [0.15, 0.2) is 41.5 Å². The van der Waals surface area contributed by atoms with Gasteiger partial charge >= 0.3 is 0 Å². The summed E-state index contributed by atoms with van der Waals surface area (Å²) in [5, 5.41) is 3.31. The molecule has 0 amide bonds. The van der Waals surface area contributed by atoms with Crippen molar-refractivity contribution in [2.75, 3.05) is 39.5 Å². The lowest BCUT2D eigenvalue weighted by Crippen LogP contribution is -2.39. The van der Waals surface area contributed by atoms with Gasteiger partial charge in [0.25, 0.3) is 0 Å². The van der Waals surface area contributed by atoms with Crippen molar-refractivity contribution >= 4 is 40.0 Å². The highest BCUT2D eigenvalue weighted by Gasteiger charge is 2.28. The SMILES string of the molecule is CCNC(=NCC1CCN(S(C)(=O)=O)C1)N(C)Cc1ncc(-c2ccccc2)[nH]1.I. The molecule has 0 aliphatic carbocycles. The summed E-state index contributed by atoms with van der Waals surface area (Å²) in [6.07, 6.45) is 3.96. The maximum Gasteiger partial charge on any atom is 0.211 e. The molecule has 0 spiro atoms. The van der Waals surface area contributed by atoms with Gasteiger partial charge in [0.1, 0.15) is 5.82 Å². The Bertz CT molecular complexity index is 932. The van der Waals surface area contributed by atoms with Gasteiger partial charge in [-0.15, -0.1) is 24.0 Å². The van der Waals surface area contributed by atoms with Crippen LogP contribution in [0.5, 0.6) is 0 Å². The lowest BCUT2D eigenvalue weighted by Gasteiger charge is -2.21. The second-order valence-electron chi connectivity index (χ2n) is 7.44. The Kier molecular flexibility index (Phi) is 9.10. The molecule has 2 N–H and O–H groups in total. The average Bonchev–Trinajstić information content (AvgIpc) is 3.35. The summed E-state index contributed by atoms with van der Waals surface area (Å²) >= 11 is 0. The van der Waals surface area contributed by atoms with Crippen molar-refractivity contribution in [3.05, 3.63) is 42.4 Å². The molecule has 0 radical (unpaired) electrons. The fourth-order valence-corrected chi connectivity index (χ4v) is 4.36. The number of nitrogens with one attached hydrogen (secondary N) is 2. The minimum Gasteiger partial charge on any atom is -0.357 e. The molecule has 1 aliphatic heterocycles. The number of guanidine groups is 1. The molecule has 166 valence electrons. The first-order chi connectivity index (χ1) is 13.9. The summed E-state index contributed by atoms with van der Waals surface area (Å²) in [7, 11) is -1.14. The van der Waals surface area contributed by atoms with E-state index in [-0.39, 0.29) is 29.9 Å². The fourth-order valence-electron chi connectivity index (χ4n) is 3.44. The third-order valence-corrected chi connectivity index (χ3v) is 6.28. The van der Waals surface area contributed by atoms with Crippen LogP contribution in [0.2, 0.25) is 0 Å². The number of imidazole rings is 1. The first kappa shape index (κ1) is 24.6. The molecule has 1 fully saturated rings. The maximum atomic E-state index is 11.7. The zero-order chi connectivity index (χ0) is 20.9. The van der Waals surface area contributed by atoms with Gasteiger partial charge in [-0.1, -0.05) is 30.3 Å². The van der Waals surface area contributed by atoms with Crippen LogP contribution in [-0.4, -0.2) is 73.0 Å². The molecule has 1 saturated heterocycles. The minimum absolute atomic E-state index is 0. The van der Waals surface area contributed by atoms with Crippen LogP contribution < -0.4 is 5.32 Å². The molecule has 1 aromatic carbocycles. The Balaban J connectivity index is 0.00000320. The monoisotopic (exact) mass is 546 g/mol. The number of halogens is 1. The highest BCUT2D eigenvalue weighted by molar-refractivity contribution is 14.0. The first-order valence-corrected chi connectivity index (χ1v) is 11.8. The normalized spacial score (nSPS) is 17.6. The first-order valence-electron chi connectivity index (χ1n) is 9.90. The van der Waals surface area contributed by atoms with Gasteiger partial charge in [-0.2, -0.15) is 0 Å². The van der Waals surface area contributed by atoms with Crippen LogP contribution in [0.1, 0.15) is 19.2 Å². The van der Waals surface area contributed by atoms with E-state index in [1.807, 2.05) is 55.4 Å². The Labute approximate surface area is 196 Å². The van der Waals surface area contributed by atoms with Crippen molar-refractivity contribution in [2.45, 2.75) is 19.9 Å². The zero-order valence-corrected chi connectivity index (χ0v) is 20.9. The number of hydrogen-bond acceptors (Lipinski definition) is 4. The number of aliphatic imine (C=N–C) groups is 1. The van der Waals surface area contributed by atoms with Crippen LogP contribution in [0.3, 0.4) is 0 Å². The van der Waals surface area contributed by atoms with E-state index in [2.05, 4.69) is 15.3 Å². The molecule has 1 aromatic heterocycles. The maximum absolute atomic E-state index is 11.7. The van der Waals surface area contributed by atoms with Crippen molar-refractivity contribution in [3.8, 4) is 11.3 Å². The third-order valence-electron chi connectivity index (χ3n) is 5.01. The van der Waals surface area contributed by atoms with Crippen LogP contribution in [0.25, 0.3) is 11.3 Å². The van der Waals surface area contributed by atoms with Crippen LogP contribution in [0.4, 0.5) is 0 Å². The van der Waals surface area contributed by atoms with Gasteiger partial charge in [0, 0.05) is 33.2 Å². The number of H-pyrrole nitrogens is 1. The summed E-state index contributed by atoms with van der Waals surface area (Å²) in [6.45, 7) is 5.12. The van der Waals surface area contributed by atoms with E-state index in [9.17, 15) is 8.42 Å². The number of benzene rings is 1. The molecule has 10 heteroatoms. The molecule has 1 aliphatic rings. The molecule has 1 atom stereocenters. The summed E-state index contributed by atoms with van der Waals surface area (Å²) in [6, 6.07) is 10.1. The van der Waals surface area contributed by atoms with E-state index < -0.39 is 10.0 Å². The summed E-state index contributed by atoms with van der Waals surface area (Å²) < 4.78 is 24.9. The van der Waals surface area contributed by atoms with E-state index in [4.69, 9.17) is 4.99 Å². The summed E-state index contributed by atoms with van der Waals surface area (Å²) in [5.74, 6) is 1.91. The quantitative estimate of drug-likeness (QED) is 0.316. The van der Waals surface area contributed by atoms with E-state index in [0.29, 0.717) is 26.2 Å². The predicted molar refractivity (Wildman–Crippen MR) is 131 cm³/mol. The van der Waals surface area contributed by atoms with Gasteiger partial charge in [0.05, 0.1) is 24.7 Å². The molecule has 0 bridgehead atoms. The van der Waals surface area contributed by atoms with Crippen molar-refractivity contribution in [1.29, 1.82) is 0 Å². The number of hydrogen-bond donors (Lipinski definition) is 2. The lowest BCUT2D eigenvalue weighted by atomic mass is 10.1. The van der Waals surface area contributed by atoms with E-state index in [0.717, 1.165) is 36.0 Å². The second-order valence-corrected chi connectivity index (χ2v) is 9.42. The zero-order valence-electron chi connectivity index (χ0n) is 17.7. The van der Waals surface area contributed by atoms with E-state index in [1.54, 1.807) is 0 Å². The molecule has 0 saturated carbocycles. The molecule has 2 aromatic rings. The van der Waals surface area contributed by atoms with Gasteiger partial charge in [0.15, 0.2) is 5.96 Å². The van der Waals surface area contributed by atoms with Gasteiger partial charge < -0.3 is 15.2 Å². The van der Waals surface area contributed by atoms with Crippen LogP contribution in [0, 0.1) is 5.92 Å². The Morgan fingerprint density at radius 3 is 2.73 bits per heavy atom. The third kappa shape index (κ3) is 6.67. The van der Waals surface area contributed by atoms with E-state index >= 15 is 0 Å². The van der Waals surface area contributed by atoms with Gasteiger partial charge in [0.2, 0.25) is 10.0 Å². The molecule has 8 nitrogen and oxygen atoms in total. The average molecular weight is 546 g/mol.